The van der Waals surface area contributed by atoms with E-state index in [1.165, 1.54) is 0 Å². The molecule has 0 aliphatic carbocycles. The first kappa shape index (κ1) is 17.7. The lowest BCUT2D eigenvalue weighted by Gasteiger charge is -2.36. The number of anilines is 1. The Bertz CT molecular complexity index is 776. The first-order chi connectivity index (χ1) is 12.1. The van der Waals surface area contributed by atoms with Gasteiger partial charge in [0.2, 0.25) is 0 Å². The van der Waals surface area contributed by atoms with Gasteiger partial charge in [-0.15, -0.1) is 0 Å². The van der Waals surface area contributed by atoms with Gasteiger partial charge in [0.05, 0.1) is 11.7 Å². The number of fused-ring (bicyclic) bond motifs is 1. The van der Waals surface area contributed by atoms with E-state index >= 15 is 0 Å². The molecular weight excluding hydrogens is 382 g/mol. The van der Waals surface area contributed by atoms with E-state index in [1.54, 1.807) is 4.90 Å². The standard InChI is InChI=1S/C20H20BrNO3/c1-14(12-23)18-9-7-16-11-17(21)8-10-19(16)22(18)20(24)25-13-15-5-3-2-4-6-15/h2-11,14,18,23H,12-13H2,1H3/t14-,18+/m1/s1. The number of halogens is 1. The average molecular weight is 402 g/mol. The number of amides is 1. The van der Waals surface area contributed by atoms with Crippen molar-refractivity contribution in [1.82, 2.24) is 0 Å². The van der Waals surface area contributed by atoms with Crippen LogP contribution in [0.15, 0.2) is 59.1 Å². The van der Waals surface area contributed by atoms with Crippen molar-refractivity contribution in [3.8, 4) is 0 Å². The number of carbonyl (C=O) groups is 1. The molecule has 1 amide bonds. The molecule has 1 heterocycles. The van der Waals surface area contributed by atoms with Crippen LogP contribution in [0.2, 0.25) is 0 Å². The number of aliphatic hydroxyl groups excluding tert-OH is 1. The molecular formula is C20H20BrNO3. The largest absolute Gasteiger partial charge is 0.444 e. The number of rotatable bonds is 4. The van der Waals surface area contributed by atoms with E-state index < -0.39 is 6.09 Å². The number of hydrogen-bond donors (Lipinski definition) is 1. The van der Waals surface area contributed by atoms with Gasteiger partial charge in [-0.05, 0) is 29.3 Å². The van der Waals surface area contributed by atoms with Crippen molar-refractivity contribution in [3.05, 3.63) is 70.2 Å². The van der Waals surface area contributed by atoms with Crippen molar-refractivity contribution in [2.45, 2.75) is 19.6 Å². The van der Waals surface area contributed by atoms with Crippen molar-refractivity contribution in [1.29, 1.82) is 0 Å². The Labute approximate surface area is 155 Å². The number of ether oxygens (including phenoxy) is 1. The van der Waals surface area contributed by atoms with Gasteiger partial charge in [0.15, 0.2) is 0 Å². The van der Waals surface area contributed by atoms with E-state index in [1.807, 2.05) is 67.6 Å². The zero-order valence-electron chi connectivity index (χ0n) is 13.9. The van der Waals surface area contributed by atoms with E-state index in [9.17, 15) is 9.90 Å². The van der Waals surface area contributed by atoms with Crippen molar-refractivity contribution in [2.75, 3.05) is 11.5 Å². The molecule has 2 aromatic carbocycles. The van der Waals surface area contributed by atoms with Gasteiger partial charge < -0.3 is 9.84 Å². The summed E-state index contributed by atoms with van der Waals surface area (Å²) in [5.41, 5.74) is 2.66. The van der Waals surface area contributed by atoms with E-state index in [4.69, 9.17) is 4.74 Å². The lowest BCUT2D eigenvalue weighted by atomic mass is 9.95. The Balaban J connectivity index is 1.86. The van der Waals surface area contributed by atoms with Gasteiger partial charge in [0, 0.05) is 17.0 Å². The first-order valence-corrected chi connectivity index (χ1v) is 8.98. The molecule has 25 heavy (non-hydrogen) atoms. The summed E-state index contributed by atoms with van der Waals surface area (Å²) in [4.78, 5) is 14.5. The molecule has 0 saturated carbocycles. The molecule has 5 heteroatoms. The molecule has 0 radical (unpaired) electrons. The highest BCUT2D eigenvalue weighted by Gasteiger charge is 2.32. The number of nitrogens with zero attached hydrogens (tertiary/aromatic N) is 1. The van der Waals surface area contributed by atoms with Crippen molar-refractivity contribution >= 4 is 33.8 Å². The molecule has 0 aromatic heterocycles. The maximum atomic E-state index is 12.8. The molecule has 0 unspecified atom stereocenters. The highest BCUT2D eigenvalue weighted by Crippen LogP contribution is 2.34. The number of carbonyl (C=O) groups excluding carboxylic acids is 1. The van der Waals surface area contributed by atoms with Gasteiger partial charge in [-0.1, -0.05) is 65.3 Å². The third-order valence-electron chi connectivity index (χ3n) is 4.29. The third kappa shape index (κ3) is 3.94. The van der Waals surface area contributed by atoms with Crippen molar-refractivity contribution < 1.29 is 14.6 Å². The Kier molecular flexibility index (Phi) is 5.56. The molecule has 1 N–H and O–H groups in total. The van der Waals surface area contributed by atoms with Crippen LogP contribution in [0.1, 0.15) is 18.1 Å². The zero-order chi connectivity index (χ0) is 17.8. The molecule has 1 aliphatic heterocycles. The van der Waals surface area contributed by atoms with E-state index in [0.717, 1.165) is 21.3 Å². The van der Waals surface area contributed by atoms with Crippen molar-refractivity contribution in [2.24, 2.45) is 5.92 Å². The smallest absolute Gasteiger partial charge is 0.415 e. The summed E-state index contributed by atoms with van der Waals surface area (Å²) in [6, 6.07) is 15.1. The summed E-state index contributed by atoms with van der Waals surface area (Å²) < 4.78 is 6.49. The monoisotopic (exact) mass is 401 g/mol. The number of benzene rings is 2. The second-order valence-corrected chi connectivity index (χ2v) is 7.04. The maximum Gasteiger partial charge on any atom is 0.415 e. The van der Waals surface area contributed by atoms with Crippen LogP contribution in [0.25, 0.3) is 6.08 Å². The highest BCUT2D eigenvalue weighted by atomic mass is 79.9. The first-order valence-electron chi connectivity index (χ1n) is 8.18. The SMILES string of the molecule is C[C@H](CO)[C@@H]1C=Cc2cc(Br)ccc2N1C(=O)OCc1ccccc1. The summed E-state index contributed by atoms with van der Waals surface area (Å²) >= 11 is 3.46. The van der Waals surface area contributed by atoms with E-state index in [2.05, 4.69) is 15.9 Å². The summed E-state index contributed by atoms with van der Waals surface area (Å²) in [5.74, 6) is -0.0997. The van der Waals surface area contributed by atoms with Crippen LogP contribution < -0.4 is 4.90 Å². The van der Waals surface area contributed by atoms with Gasteiger partial charge >= 0.3 is 6.09 Å². The fourth-order valence-corrected chi connectivity index (χ4v) is 3.27. The topological polar surface area (TPSA) is 49.8 Å². The third-order valence-corrected chi connectivity index (χ3v) is 4.79. The van der Waals surface area contributed by atoms with Crippen LogP contribution in [-0.2, 0) is 11.3 Å². The molecule has 0 spiro atoms. The van der Waals surface area contributed by atoms with Crippen LogP contribution >= 0.6 is 15.9 Å². The van der Waals surface area contributed by atoms with Crippen LogP contribution in [0.3, 0.4) is 0 Å². The lowest BCUT2D eigenvalue weighted by Crippen LogP contribution is -2.45. The van der Waals surface area contributed by atoms with Gasteiger partial charge in [0.1, 0.15) is 6.61 Å². The Morgan fingerprint density at radius 3 is 2.76 bits per heavy atom. The van der Waals surface area contributed by atoms with E-state index in [0.29, 0.717) is 0 Å². The van der Waals surface area contributed by atoms with Gasteiger partial charge in [-0.25, -0.2) is 4.79 Å². The van der Waals surface area contributed by atoms with Gasteiger partial charge in [-0.2, -0.15) is 0 Å². The second kappa shape index (κ2) is 7.85. The highest BCUT2D eigenvalue weighted by molar-refractivity contribution is 9.10. The van der Waals surface area contributed by atoms with Crippen LogP contribution in [0.4, 0.5) is 10.5 Å². The zero-order valence-corrected chi connectivity index (χ0v) is 15.5. The Morgan fingerprint density at radius 1 is 1.28 bits per heavy atom. The molecule has 2 aromatic rings. The maximum absolute atomic E-state index is 12.8. The molecule has 3 rings (SSSR count). The fourth-order valence-electron chi connectivity index (χ4n) is 2.89. The molecule has 0 saturated heterocycles. The molecule has 0 fully saturated rings. The molecule has 1 aliphatic rings. The average Bonchev–Trinajstić information content (AvgIpc) is 2.65. The Hall–Kier alpha value is -2.11. The van der Waals surface area contributed by atoms with E-state index in [-0.39, 0.29) is 25.2 Å². The van der Waals surface area contributed by atoms with Crippen LogP contribution in [-0.4, -0.2) is 23.8 Å². The van der Waals surface area contributed by atoms with Gasteiger partial charge in [0.25, 0.3) is 0 Å². The summed E-state index contributed by atoms with van der Waals surface area (Å²) in [7, 11) is 0. The molecule has 130 valence electrons. The summed E-state index contributed by atoms with van der Waals surface area (Å²) in [5, 5.41) is 9.57. The predicted octanol–water partition coefficient (Wildman–Crippen LogP) is 4.62. The molecule has 4 nitrogen and oxygen atoms in total. The predicted molar refractivity (Wildman–Crippen MR) is 102 cm³/mol. The quantitative estimate of drug-likeness (QED) is 0.812. The lowest BCUT2D eigenvalue weighted by molar-refractivity contribution is 0.141. The minimum Gasteiger partial charge on any atom is -0.444 e. The molecule has 2 atom stereocenters. The summed E-state index contributed by atoms with van der Waals surface area (Å²) in [6.45, 7) is 2.12. The number of hydrogen-bond acceptors (Lipinski definition) is 3. The number of aliphatic hydroxyl groups is 1. The Morgan fingerprint density at radius 2 is 2.04 bits per heavy atom. The molecule has 0 bridgehead atoms. The summed E-state index contributed by atoms with van der Waals surface area (Å²) in [6.07, 6.45) is 3.51. The fraction of sp³-hybridized carbons (Fsp3) is 0.250. The van der Waals surface area contributed by atoms with Crippen LogP contribution in [0, 0.1) is 5.92 Å². The minimum absolute atomic E-state index is 0.0106. The van der Waals surface area contributed by atoms with Crippen molar-refractivity contribution in [3.63, 3.8) is 0 Å². The normalized spacial score (nSPS) is 17.1. The van der Waals surface area contributed by atoms with Crippen LogP contribution in [0.5, 0.6) is 0 Å². The van der Waals surface area contributed by atoms with Gasteiger partial charge in [-0.3, -0.25) is 4.90 Å². The minimum atomic E-state index is -0.415. The second-order valence-electron chi connectivity index (χ2n) is 6.12.